The molecule has 0 rings (SSSR count). The van der Waals surface area contributed by atoms with Crippen LogP contribution in [-0.4, -0.2) is 13.1 Å². The van der Waals surface area contributed by atoms with Crippen molar-refractivity contribution in [2.75, 3.05) is 13.1 Å². The number of nitrogens with one attached hydrogen (secondary N) is 1. The van der Waals surface area contributed by atoms with Crippen molar-refractivity contribution in [3.8, 4) is 0 Å². The third-order valence-corrected chi connectivity index (χ3v) is 2.45. The molecule has 0 bridgehead atoms. The van der Waals surface area contributed by atoms with Crippen LogP contribution in [0.3, 0.4) is 0 Å². The Labute approximate surface area is 83.6 Å². The lowest BCUT2D eigenvalue weighted by atomic mass is 10.1. The average Bonchev–Trinajstić information content (AvgIpc) is 2.16. The monoisotopic (exact) mass is 183 g/mol. The van der Waals surface area contributed by atoms with Crippen molar-refractivity contribution in [3.05, 3.63) is 12.7 Å². The van der Waals surface area contributed by atoms with E-state index in [0.717, 1.165) is 5.92 Å². The molecule has 1 unspecified atom stereocenters. The molecular formula is C12H25N. The first-order valence-corrected chi connectivity index (χ1v) is 5.62. The Morgan fingerprint density at radius 1 is 1.31 bits per heavy atom. The summed E-state index contributed by atoms with van der Waals surface area (Å²) < 4.78 is 0. The van der Waals surface area contributed by atoms with E-state index in [1.807, 2.05) is 6.08 Å². The van der Waals surface area contributed by atoms with Crippen LogP contribution in [0, 0.1) is 5.92 Å². The summed E-state index contributed by atoms with van der Waals surface area (Å²) in [6, 6.07) is 0. The number of rotatable bonds is 9. The van der Waals surface area contributed by atoms with Crippen LogP contribution in [0.1, 0.15) is 46.0 Å². The van der Waals surface area contributed by atoms with E-state index >= 15 is 0 Å². The SMILES string of the molecule is C=CCCCCCNCC(C)CC. The van der Waals surface area contributed by atoms with E-state index in [9.17, 15) is 0 Å². The fraction of sp³-hybridized carbons (Fsp3) is 0.833. The van der Waals surface area contributed by atoms with Crippen molar-refractivity contribution >= 4 is 0 Å². The predicted molar refractivity (Wildman–Crippen MR) is 61.0 cm³/mol. The van der Waals surface area contributed by atoms with Gasteiger partial charge in [-0.1, -0.05) is 32.8 Å². The molecule has 0 saturated heterocycles. The molecule has 0 aromatic rings. The zero-order valence-corrected chi connectivity index (χ0v) is 9.31. The summed E-state index contributed by atoms with van der Waals surface area (Å²) in [5.41, 5.74) is 0. The second-order valence-electron chi connectivity index (χ2n) is 3.86. The standard InChI is InChI=1S/C12H25N/c1-4-6-7-8-9-10-13-11-12(3)5-2/h4,12-13H,1,5-11H2,2-3H3. The molecule has 0 fully saturated rings. The van der Waals surface area contributed by atoms with Gasteiger partial charge in [0.2, 0.25) is 0 Å². The third-order valence-electron chi connectivity index (χ3n) is 2.45. The van der Waals surface area contributed by atoms with Gasteiger partial charge in [-0.05, 0) is 38.3 Å². The molecule has 0 aliphatic heterocycles. The number of hydrogen-bond acceptors (Lipinski definition) is 1. The van der Waals surface area contributed by atoms with Gasteiger partial charge < -0.3 is 5.32 Å². The molecule has 1 atom stereocenters. The molecule has 1 nitrogen and oxygen atoms in total. The molecule has 0 heterocycles. The van der Waals surface area contributed by atoms with Crippen molar-refractivity contribution in [2.45, 2.75) is 46.0 Å². The van der Waals surface area contributed by atoms with Gasteiger partial charge in [-0.3, -0.25) is 0 Å². The number of unbranched alkanes of at least 4 members (excludes halogenated alkanes) is 3. The first-order chi connectivity index (χ1) is 6.31. The Bertz CT molecular complexity index is 110. The van der Waals surface area contributed by atoms with Gasteiger partial charge in [0.15, 0.2) is 0 Å². The maximum atomic E-state index is 3.71. The molecular weight excluding hydrogens is 158 g/mol. The van der Waals surface area contributed by atoms with Crippen LogP contribution in [0.15, 0.2) is 12.7 Å². The molecule has 0 aromatic heterocycles. The van der Waals surface area contributed by atoms with Gasteiger partial charge >= 0.3 is 0 Å². The summed E-state index contributed by atoms with van der Waals surface area (Å²) in [5.74, 6) is 0.827. The molecule has 0 aliphatic carbocycles. The maximum Gasteiger partial charge on any atom is -0.00233 e. The first kappa shape index (κ1) is 12.7. The van der Waals surface area contributed by atoms with E-state index < -0.39 is 0 Å². The van der Waals surface area contributed by atoms with E-state index in [1.165, 1.54) is 45.2 Å². The Balaban J connectivity index is 2.95. The van der Waals surface area contributed by atoms with Crippen LogP contribution < -0.4 is 5.32 Å². The Kier molecular flexibility index (Phi) is 9.56. The van der Waals surface area contributed by atoms with Gasteiger partial charge in [0.05, 0.1) is 0 Å². The highest BCUT2D eigenvalue weighted by Gasteiger charge is 1.96. The molecule has 13 heavy (non-hydrogen) atoms. The van der Waals surface area contributed by atoms with Crippen LogP contribution >= 0.6 is 0 Å². The highest BCUT2D eigenvalue weighted by Crippen LogP contribution is 2.00. The summed E-state index contributed by atoms with van der Waals surface area (Å²) >= 11 is 0. The highest BCUT2D eigenvalue weighted by atomic mass is 14.8. The van der Waals surface area contributed by atoms with Crippen molar-refractivity contribution in [1.29, 1.82) is 0 Å². The minimum absolute atomic E-state index is 0.827. The largest absolute Gasteiger partial charge is 0.316 e. The molecule has 0 radical (unpaired) electrons. The highest BCUT2D eigenvalue weighted by molar-refractivity contribution is 4.65. The van der Waals surface area contributed by atoms with Crippen molar-refractivity contribution < 1.29 is 0 Å². The lowest BCUT2D eigenvalue weighted by molar-refractivity contribution is 0.489. The van der Waals surface area contributed by atoms with Crippen LogP contribution in [0.2, 0.25) is 0 Å². The number of hydrogen-bond donors (Lipinski definition) is 1. The van der Waals surface area contributed by atoms with E-state index in [2.05, 4.69) is 25.7 Å². The third kappa shape index (κ3) is 9.62. The van der Waals surface area contributed by atoms with Gasteiger partial charge in [0, 0.05) is 0 Å². The first-order valence-electron chi connectivity index (χ1n) is 5.62. The molecule has 0 spiro atoms. The maximum absolute atomic E-state index is 3.71. The summed E-state index contributed by atoms with van der Waals surface area (Å²) in [6.07, 6.45) is 8.40. The lowest BCUT2D eigenvalue weighted by Crippen LogP contribution is -2.21. The van der Waals surface area contributed by atoms with Gasteiger partial charge in [0.25, 0.3) is 0 Å². The molecule has 0 aromatic carbocycles. The molecule has 0 aliphatic rings. The van der Waals surface area contributed by atoms with E-state index in [-0.39, 0.29) is 0 Å². The summed E-state index contributed by atoms with van der Waals surface area (Å²) in [7, 11) is 0. The van der Waals surface area contributed by atoms with Gasteiger partial charge in [-0.15, -0.1) is 6.58 Å². The summed E-state index contributed by atoms with van der Waals surface area (Å²) in [6.45, 7) is 10.6. The lowest BCUT2D eigenvalue weighted by Gasteiger charge is -2.09. The van der Waals surface area contributed by atoms with Crippen molar-refractivity contribution in [1.82, 2.24) is 5.32 Å². The predicted octanol–water partition coefficient (Wildman–Crippen LogP) is 3.37. The minimum atomic E-state index is 0.827. The second kappa shape index (κ2) is 9.79. The molecule has 0 amide bonds. The molecule has 1 heteroatoms. The Hall–Kier alpha value is -0.300. The van der Waals surface area contributed by atoms with Crippen LogP contribution in [0.4, 0.5) is 0 Å². The van der Waals surface area contributed by atoms with Crippen molar-refractivity contribution in [3.63, 3.8) is 0 Å². The minimum Gasteiger partial charge on any atom is -0.316 e. The zero-order valence-electron chi connectivity index (χ0n) is 9.31. The van der Waals surface area contributed by atoms with Crippen LogP contribution in [0.25, 0.3) is 0 Å². The second-order valence-corrected chi connectivity index (χ2v) is 3.86. The number of allylic oxidation sites excluding steroid dienone is 1. The van der Waals surface area contributed by atoms with E-state index in [1.54, 1.807) is 0 Å². The van der Waals surface area contributed by atoms with Crippen LogP contribution in [0.5, 0.6) is 0 Å². The van der Waals surface area contributed by atoms with Crippen LogP contribution in [-0.2, 0) is 0 Å². The van der Waals surface area contributed by atoms with Gasteiger partial charge in [0.1, 0.15) is 0 Å². The molecule has 0 saturated carbocycles. The van der Waals surface area contributed by atoms with Gasteiger partial charge in [-0.25, -0.2) is 0 Å². The summed E-state index contributed by atoms with van der Waals surface area (Å²) in [5, 5.41) is 3.49. The topological polar surface area (TPSA) is 12.0 Å². The van der Waals surface area contributed by atoms with E-state index in [0.29, 0.717) is 0 Å². The quantitative estimate of drug-likeness (QED) is 0.427. The fourth-order valence-corrected chi connectivity index (χ4v) is 1.21. The Morgan fingerprint density at radius 3 is 2.69 bits per heavy atom. The normalized spacial score (nSPS) is 12.8. The smallest absolute Gasteiger partial charge is 0.00233 e. The van der Waals surface area contributed by atoms with E-state index in [4.69, 9.17) is 0 Å². The van der Waals surface area contributed by atoms with Crippen molar-refractivity contribution in [2.24, 2.45) is 5.92 Å². The average molecular weight is 183 g/mol. The fourth-order valence-electron chi connectivity index (χ4n) is 1.21. The Morgan fingerprint density at radius 2 is 2.08 bits per heavy atom. The zero-order chi connectivity index (χ0) is 9.94. The molecule has 78 valence electrons. The molecule has 1 N–H and O–H groups in total. The van der Waals surface area contributed by atoms with Gasteiger partial charge in [-0.2, -0.15) is 0 Å². The summed E-state index contributed by atoms with van der Waals surface area (Å²) in [4.78, 5) is 0.